The normalized spacial score (nSPS) is 22.8. The molecule has 0 aliphatic carbocycles. The van der Waals surface area contributed by atoms with E-state index in [0.717, 1.165) is 25.2 Å². The van der Waals surface area contributed by atoms with Crippen molar-refractivity contribution in [2.45, 2.75) is 36.3 Å². The maximum atomic E-state index is 5.17. The summed E-state index contributed by atoms with van der Waals surface area (Å²) in [6.07, 6.45) is 2.37. The second-order valence-electron chi connectivity index (χ2n) is 7.14. The highest BCUT2D eigenvalue weighted by Crippen LogP contribution is 2.54. The van der Waals surface area contributed by atoms with Crippen LogP contribution in [-0.4, -0.2) is 23.8 Å². The third-order valence-corrected chi connectivity index (χ3v) is 6.36. The van der Waals surface area contributed by atoms with E-state index in [9.17, 15) is 0 Å². The summed E-state index contributed by atoms with van der Waals surface area (Å²) in [7, 11) is 0. The fraction of sp³-hybridized carbons (Fsp3) is 0.381. The smallest absolute Gasteiger partial charge is 0.126 e. The van der Waals surface area contributed by atoms with Gasteiger partial charge in [0.05, 0.1) is 5.69 Å². The molecule has 0 saturated carbocycles. The third kappa shape index (κ3) is 2.65. The fourth-order valence-electron chi connectivity index (χ4n) is 3.85. The van der Waals surface area contributed by atoms with Crippen molar-refractivity contribution in [3.05, 3.63) is 60.2 Å². The van der Waals surface area contributed by atoms with Crippen LogP contribution in [0.4, 0.5) is 5.69 Å². The number of rotatable bonds is 3. The van der Waals surface area contributed by atoms with E-state index in [2.05, 4.69) is 73.3 Å². The van der Waals surface area contributed by atoms with Crippen LogP contribution in [0, 0.1) is 5.92 Å². The molecule has 1 unspecified atom stereocenters. The standard InChI is InChI=1S/C21H24N2S/c1-16(2)15-23-14-8-13-21(17-9-4-3-5-10-17)20(23)22-18-11-6-7-12-19(18)24-21/h3-7,9-12,16H,8,13-15H2,1-2H3. The van der Waals surface area contributed by atoms with Crippen molar-refractivity contribution in [1.29, 1.82) is 0 Å². The number of para-hydroxylation sites is 1. The molecule has 1 atom stereocenters. The fourth-order valence-corrected chi connectivity index (χ4v) is 5.35. The zero-order valence-electron chi connectivity index (χ0n) is 14.4. The summed E-state index contributed by atoms with van der Waals surface area (Å²) in [5.41, 5.74) is 2.51. The quantitative estimate of drug-likeness (QED) is 0.738. The van der Waals surface area contributed by atoms with Gasteiger partial charge in [0.15, 0.2) is 0 Å². The van der Waals surface area contributed by atoms with Gasteiger partial charge >= 0.3 is 0 Å². The Morgan fingerprint density at radius 2 is 1.83 bits per heavy atom. The number of piperidine rings is 1. The molecule has 0 N–H and O–H groups in total. The predicted molar refractivity (Wildman–Crippen MR) is 103 cm³/mol. The van der Waals surface area contributed by atoms with E-state index < -0.39 is 0 Å². The highest BCUT2D eigenvalue weighted by Gasteiger charge is 2.46. The topological polar surface area (TPSA) is 15.6 Å². The molecule has 1 fully saturated rings. The average molecular weight is 337 g/mol. The van der Waals surface area contributed by atoms with E-state index in [-0.39, 0.29) is 4.75 Å². The molecule has 0 aromatic heterocycles. The molecular formula is C21H24N2S. The number of amidine groups is 1. The van der Waals surface area contributed by atoms with Crippen LogP contribution in [0.5, 0.6) is 0 Å². The van der Waals surface area contributed by atoms with Crippen molar-refractivity contribution in [3.63, 3.8) is 0 Å². The van der Waals surface area contributed by atoms with Gasteiger partial charge in [0.2, 0.25) is 0 Å². The summed E-state index contributed by atoms with van der Waals surface area (Å²) in [6.45, 7) is 6.79. The van der Waals surface area contributed by atoms with Crippen molar-refractivity contribution < 1.29 is 0 Å². The van der Waals surface area contributed by atoms with Crippen LogP contribution in [0.15, 0.2) is 64.5 Å². The summed E-state index contributed by atoms with van der Waals surface area (Å²) >= 11 is 2.00. The van der Waals surface area contributed by atoms with Gasteiger partial charge in [0, 0.05) is 18.0 Å². The first kappa shape index (κ1) is 15.8. The first-order chi connectivity index (χ1) is 11.7. The van der Waals surface area contributed by atoms with Gasteiger partial charge in [-0.05, 0) is 36.5 Å². The van der Waals surface area contributed by atoms with E-state index >= 15 is 0 Å². The van der Waals surface area contributed by atoms with Crippen LogP contribution in [0.2, 0.25) is 0 Å². The number of fused-ring (bicyclic) bond motifs is 2. The van der Waals surface area contributed by atoms with Gasteiger partial charge in [0.1, 0.15) is 10.6 Å². The van der Waals surface area contributed by atoms with Crippen LogP contribution in [0.3, 0.4) is 0 Å². The molecule has 2 aromatic carbocycles. The lowest BCUT2D eigenvalue weighted by Crippen LogP contribution is -2.51. The summed E-state index contributed by atoms with van der Waals surface area (Å²) < 4.78 is -0.0389. The van der Waals surface area contributed by atoms with Gasteiger partial charge in [-0.3, -0.25) is 0 Å². The Morgan fingerprint density at radius 3 is 2.62 bits per heavy atom. The first-order valence-electron chi connectivity index (χ1n) is 8.87. The van der Waals surface area contributed by atoms with Crippen molar-refractivity contribution in [1.82, 2.24) is 4.90 Å². The number of nitrogens with zero attached hydrogens (tertiary/aromatic N) is 2. The first-order valence-corrected chi connectivity index (χ1v) is 9.68. The summed E-state index contributed by atoms with van der Waals surface area (Å²) in [4.78, 5) is 9.01. The van der Waals surface area contributed by atoms with Gasteiger partial charge in [0.25, 0.3) is 0 Å². The molecule has 2 aromatic rings. The monoisotopic (exact) mass is 336 g/mol. The molecule has 4 rings (SSSR count). The number of benzene rings is 2. The van der Waals surface area contributed by atoms with Crippen molar-refractivity contribution in [2.75, 3.05) is 13.1 Å². The minimum Gasteiger partial charge on any atom is -0.358 e. The predicted octanol–water partition coefficient (Wildman–Crippen LogP) is 5.47. The number of hydrogen-bond acceptors (Lipinski definition) is 3. The van der Waals surface area contributed by atoms with Crippen molar-refractivity contribution in [2.24, 2.45) is 10.9 Å². The molecule has 2 heterocycles. The van der Waals surface area contributed by atoms with E-state index in [4.69, 9.17) is 4.99 Å². The van der Waals surface area contributed by atoms with Crippen molar-refractivity contribution in [3.8, 4) is 0 Å². The summed E-state index contributed by atoms with van der Waals surface area (Å²) in [6, 6.07) is 19.5. The van der Waals surface area contributed by atoms with Gasteiger partial charge in [-0.2, -0.15) is 0 Å². The van der Waals surface area contributed by atoms with Crippen molar-refractivity contribution >= 4 is 23.3 Å². The molecular weight excluding hydrogens is 312 g/mol. The summed E-state index contributed by atoms with van der Waals surface area (Å²) in [5.74, 6) is 1.90. The van der Waals surface area contributed by atoms with Crippen LogP contribution in [0.1, 0.15) is 32.3 Å². The second-order valence-corrected chi connectivity index (χ2v) is 8.48. The molecule has 3 heteroatoms. The minimum atomic E-state index is -0.0389. The zero-order valence-corrected chi connectivity index (χ0v) is 15.2. The lowest BCUT2D eigenvalue weighted by Gasteiger charge is -2.47. The van der Waals surface area contributed by atoms with Gasteiger partial charge in [-0.25, -0.2) is 4.99 Å². The number of aliphatic imine (C=N–C) groups is 1. The SMILES string of the molecule is CC(C)CN1CCCC2(c3ccccc3)Sc3ccccc3N=C12. The largest absolute Gasteiger partial charge is 0.358 e. The summed E-state index contributed by atoms with van der Waals surface area (Å²) in [5, 5.41) is 0. The van der Waals surface area contributed by atoms with Gasteiger partial charge in [-0.1, -0.05) is 56.3 Å². The molecule has 2 aliphatic heterocycles. The lowest BCUT2D eigenvalue weighted by molar-refractivity contribution is 0.311. The Hall–Kier alpha value is -1.74. The lowest BCUT2D eigenvalue weighted by atomic mass is 9.87. The Kier molecular flexibility index (Phi) is 4.13. The second kappa shape index (κ2) is 6.29. The molecule has 2 nitrogen and oxygen atoms in total. The number of thioether (sulfide) groups is 1. The van der Waals surface area contributed by atoms with E-state index in [1.54, 1.807) is 0 Å². The molecule has 24 heavy (non-hydrogen) atoms. The molecule has 0 spiro atoms. The maximum Gasteiger partial charge on any atom is 0.126 e. The highest BCUT2D eigenvalue weighted by atomic mass is 32.2. The Labute approximate surface area is 149 Å². The maximum absolute atomic E-state index is 5.17. The molecule has 124 valence electrons. The van der Waals surface area contributed by atoms with E-state index in [1.165, 1.54) is 22.7 Å². The molecule has 0 bridgehead atoms. The Balaban J connectivity index is 1.87. The van der Waals surface area contributed by atoms with Crippen LogP contribution in [0.25, 0.3) is 0 Å². The molecule has 0 radical (unpaired) electrons. The van der Waals surface area contributed by atoms with E-state index in [0.29, 0.717) is 5.92 Å². The Morgan fingerprint density at radius 1 is 1.08 bits per heavy atom. The minimum absolute atomic E-state index is 0.0389. The van der Waals surface area contributed by atoms with Crippen LogP contribution in [-0.2, 0) is 4.75 Å². The van der Waals surface area contributed by atoms with Crippen LogP contribution < -0.4 is 0 Å². The highest BCUT2D eigenvalue weighted by molar-refractivity contribution is 8.01. The van der Waals surface area contributed by atoms with Crippen LogP contribution >= 0.6 is 11.8 Å². The number of likely N-dealkylation sites (tertiary alicyclic amines) is 1. The zero-order chi connectivity index (χ0) is 16.6. The average Bonchev–Trinajstić information content (AvgIpc) is 2.61. The van der Waals surface area contributed by atoms with E-state index in [1.807, 2.05) is 11.8 Å². The molecule has 1 saturated heterocycles. The Bertz CT molecular complexity index is 753. The van der Waals surface area contributed by atoms with Gasteiger partial charge in [-0.15, -0.1) is 11.8 Å². The molecule has 2 aliphatic rings. The number of hydrogen-bond donors (Lipinski definition) is 0. The molecule has 0 amide bonds. The van der Waals surface area contributed by atoms with Gasteiger partial charge < -0.3 is 4.90 Å². The third-order valence-electron chi connectivity index (χ3n) is 4.82.